The number of amides is 2. The largest absolute Gasteiger partial charge is 0.392 e. The summed E-state index contributed by atoms with van der Waals surface area (Å²) in [6.07, 6.45) is 0.405. The number of fused-ring (bicyclic) bond motifs is 2. The van der Waals surface area contributed by atoms with E-state index in [1.54, 1.807) is 0 Å². The van der Waals surface area contributed by atoms with E-state index < -0.39 is 0 Å². The average Bonchev–Trinajstić information content (AvgIpc) is 2.82. The zero-order valence-electron chi connectivity index (χ0n) is 14.7. The van der Waals surface area contributed by atoms with E-state index in [2.05, 4.69) is 4.90 Å². The fraction of sp³-hybridized carbons (Fsp3) is 0.882. The molecule has 0 aromatic rings. The van der Waals surface area contributed by atoms with E-state index >= 15 is 0 Å². The number of likely N-dealkylation sites (tertiary alicyclic amines) is 1. The Balaban J connectivity index is 1.77. The van der Waals surface area contributed by atoms with Gasteiger partial charge in [-0.1, -0.05) is 27.7 Å². The van der Waals surface area contributed by atoms with Crippen LogP contribution in [0.2, 0.25) is 0 Å². The fourth-order valence-corrected chi connectivity index (χ4v) is 4.41. The highest BCUT2D eigenvalue weighted by Crippen LogP contribution is 2.39. The van der Waals surface area contributed by atoms with Crippen LogP contribution in [0.15, 0.2) is 0 Å². The van der Waals surface area contributed by atoms with Gasteiger partial charge in [-0.15, -0.1) is 0 Å². The molecule has 2 amide bonds. The monoisotopic (exact) mass is 323 g/mol. The van der Waals surface area contributed by atoms with Crippen LogP contribution in [0.1, 0.15) is 34.1 Å². The Kier molecular flexibility index (Phi) is 4.17. The van der Waals surface area contributed by atoms with Gasteiger partial charge in [-0.05, 0) is 6.42 Å². The third-order valence-corrected chi connectivity index (χ3v) is 5.50. The van der Waals surface area contributed by atoms with Gasteiger partial charge in [0.2, 0.25) is 11.8 Å². The summed E-state index contributed by atoms with van der Waals surface area (Å²) in [5.74, 6) is 0.348. The zero-order valence-corrected chi connectivity index (χ0v) is 14.7. The molecule has 3 heterocycles. The van der Waals surface area contributed by atoms with Crippen LogP contribution in [0.4, 0.5) is 0 Å². The van der Waals surface area contributed by atoms with Crippen molar-refractivity contribution in [2.24, 2.45) is 11.8 Å². The van der Waals surface area contributed by atoms with Crippen LogP contribution in [-0.2, 0) is 9.59 Å². The lowest BCUT2D eigenvalue weighted by Gasteiger charge is -2.61. The Morgan fingerprint density at radius 3 is 2.04 bits per heavy atom. The van der Waals surface area contributed by atoms with Crippen molar-refractivity contribution in [2.75, 3.05) is 32.7 Å². The van der Waals surface area contributed by atoms with Gasteiger partial charge >= 0.3 is 0 Å². The maximum Gasteiger partial charge on any atom is 0.225 e. The molecule has 3 rings (SSSR count). The third-order valence-electron chi connectivity index (χ3n) is 5.50. The first kappa shape index (κ1) is 16.7. The SMILES string of the molecule is CC(C)C(=O)N1C[C@H]2C[C@@H](O)CN2C2(C1)CN(C(=O)C(C)C)C2. The molecule has 0 aromatic carbocycles. The van der Waals surface area contributed by atoms with Gasteiger partial charge in [-0.3, -0.25) is 14.5 Å². The van der Waals surface area contributed by atoms with E-state index in [1.165, 1.54) is 0 Å². The van der Waals surface area contributed by atoms with Crippen LogP contribution in [0.25, 0.3) is 0 Å². The summed E-state index contributed by atoms with van der Waals surface area (Å²) in [6.45, 7) is 11.1. The Morgan fingerprint density at radius 2 is 1.48 bits per heavy atom. The lowest BCUT2D eigenvalue weighted by molar-refractivity contribution is -0.165. The third kappa shape index (κ3) is 2.76. The molecule has 3 saturated heterocycles. The molecule has 6 heteroatoms. The number of carbonyl (C=O) groups excluding carboxylic acids is 2. The van der Waals surface area contributed by atoms with Gasteiger partial charge in [-0.2, -0.15) is 0 Å². The van der Waals surface area contributed by atoms with E-state index in [9.17, 15) is 14.7 Å². The quantitative estimate of drug-likeness (QED) is 0.786. The summed E-state index contributed by atoms with van der Waals surface area (Å²) >= 11 is 0. The summed E-state index contributed by atoms with van der Waals surface area (Å²) < 4.78 is 0. The van der Waals surface area contributed by atoms with Crippen molar-refractivity contribution in [1.82, 2.24) is 14.7 Å². The minimum atomic E-state index is -0.319. The predicted octanol–water partition coefficient (Wildman–Crippen LogP) is 0.157. The van der Waals surface area contributed by atoms with E-state index in [1.807, 2.05) is 37.5 Å². The van der Waals surface area contributed by atoms with E-state index in [-0.39, 0.29) is 41.3 Å². The average molecular weight is 323 g/mol. The summed E-state index contributed by atoms with van der Waals surface area (Å²) in [4.78, 5) is 30.9. The minimum absolute atomic E-state index is 0.00399. The lowest BCUT2D eigenvalue weighted by atomic mass is 9.82. The summed E-state index contributed by atoms with van der Waals surface area (Å²) in [5.41, 5.74) is -0.157. The maximum atomic E-state index is 12.5. The smallest absolute Gasteiger partial charge is 0.225 e. The number of carbonyl (C=O) groups is 2. The minimum Gasteiger partial charge on any atom is -0.392 e. The topological polar surface area (TPSA) is 64.1 Å². The van der Waals surface area contributed by atoms with Gasteiger partial charge < -0.3 is 14.9 Å². The second kappa shape index (κ2) is 5.74. The van der Waals surface area contributed by atoms with Crippen molar-refractivity contribution < 1.29 is 14.7 Å². The number of aliphatic hydroxyl groups excluding tert-OH is 1. The molecular formula is C17H29N3O3. The number of aliphatic hydroxyl groups is 1. The number of rotatable bonds is 2. The lowest BCUT2D eigenvalue weighted by Crippen LogP contribution is -2.79. The van der Waals surface area contributed by atoms with Crippen LogP contribution in [0.5, 0.6) is 0 Å². The van der Waals surface area contributed by atoms with Crippen LogP contribution in [0, 0.1) is 11.8 Å². The Labute approximate surface area is 138 Å². The molecule has 1 N–H and O–H groups in total. The van der Waals surface area contributed by atoms with Crippen molar-refractivity contribution >= 4 is 11.8 Å². The van der Waals surface area contributed by atoms with Crippen molar-refractivity contribution in [3.63, 3.8) is 0 Å². The molecule has 3 fully saturated rings. The van der Waals surface area contributed by atoms with E-state index in [0.717, 1.165) is 6.42 Å². The van der Waals surface area contributed by atoms with Gasteiger partial charge in [0.1, 0.15) is 0 Å². The Bertz CT molecular complexity index is 499. The van der Waals surface area contributed by atoms with Crippen molar-refractivity contribution in [3.05, 3.63) is 0 Å². The molecule has 0 bridgehead atoms. The van der Waals surface area contributed by atoms with Crippen LogP contribution in [0.3, 0.4) is 0 Å². The molecule has 0 aromatic heterocycles. The highest BCUT2D eigenvalue weighted by Gasteiger charge is 2.57. The van der Waals surface area contributed by atoms with Crippen LogP contribution < -0.4 is 0 Å². The first-order valence-electron chi connectivity index (χ1n) is 8.76. The number of β-amino-alcohol motifs (C(OH)–C–C–N with tert-alkyl or cyclic N) is 1. The van der Waals surface area contributed by atoms with Crippen LogP contribution >= 0.6 is 0 Å². The molecule has 3 aliphatic rings. The molecule has 3 aliphatic heterocycles. The van der Waals surface area contributed by atoms with Gasteiger partial charge in [-0.25, -0.2) is 0 Å². The first-order valence-corrected chi connectivity index (χ1v) is 8.76. The van der Waals surface area contributed by atoms with Gasteiger partial charge in [0.25, 0.3) is 0 Å². The predicted molar refractivity (Wildman–Crippen MR) is 86.7 cm³/mol. The molecule has 6 nitrogen and oxygen atoms in total. The molecule has 0 saturated carbocycles. The highest BCUT2D eigenvalue weighted by atomic mass is 16.3. The number of hydrogen-bond donors (Lipinski definition) is 1. The molecule has 1 spiro atoms. The zero-order chi connectivity index (χ0) is 16.9. The normalized spacial score (nSPS) is 30.0. The van der Waals surface area contributed by atoms with Crippen LogP contribution in [-0.4, -0.2) is 82.0 Å². The highest BCUT2D eigenvalue weighted by molar-refractivity contribution is 5.80. The maximum absolute atomic E-state index is 12.5. The molecule has 2 atom stereocenters. The number of nitrogens with zero attached hydrogens (tertiary/aromatic N) is 3. The molecule has 0 radical (unpaired) electrons. The standard InChI is InChI=1S/C17H29N3O3/c1-11(2)15(22)18-6-13-5-14(21)7-20(13)17(8-18)9-19(10-17)16(23)12(3)4/h11-14,21H,5-10H2,1-4H3/t13-,14-/m1/s1. The van der Waals surface area contributed by atoms with Crippen molar-refractivity contribution in [1.29, 1.82) is 0 Å². The van der Waals surface area contributed by atoms with Crippen molar-refractivity contribution in [2.45, 2.75) is 51.8 Å². The second-order valence-electron chi connectivity index (χ2n) is 8.14. The summed E-state index contributed by atoms with van der Waals surface area (Å²) in [5, 5.41) is 10.1. The second-order valence-corrected chi connectivity index (χ2v) is 8.14. The molecule has 0 aliphatic carbocycles. The number of hydrogen-bond acceptors (Lipinski definition) is 4. The van der Waals surface area contributed by atoms with Gasteiger partial charge in [0.15, 0.2) is 0 Å². The molecule has 0 unspecified atom stereocenters. The van der Waals surface area contributed by atoms with Gasteiger partial charge in [0.05, 0.1) is 11.6 Å². The van der Waals surface area contributed by atoms with Crippen molar-refractivity contribution in [3.8, 4) is 0 Å². The fourth-order valence-electron chi connectivity index (χ4n) is 4.41. The molecular weight excluding hydrogens is 294 g/mol. The molecule has 130 valence electrons. The van der Waals surface area contributed by atoms with Gasteiger partial charge in [0, 0.05) is 50.6 Å². The molecule has 23 heavy (non-hydrogen) atoms. The van der Waals surface area contributed by atoms with E-state index in [0.29, 0.717) is 32.7 Å². The van der Waals surface area contributed by atoms with E-state index in [4.69, 9.17) is 0 Å². The first-order chi connectivity index (χ1) is 10.7. The summed E-state index contributed by atoms with van der Waals surface area (Å²) in [6, 6.07) is 0.220. The summed E-state index contributed by atoms with van der Waals surface area (Å²) in [7, 11) is 0. The number of piperazine rings is 1. The Morgan fingerprint density at radius 1 is 0.957 bits per heavy atom. The Hall–Kier alpha value is -1.14.